The van der Waals surface area contributed by atoms with Crippen LogP contribution in [0.1, 0.15) is 38.8 Å². The van der Waals surface area contributed by atoms with Gasteiger partial charge < -0.3 is 14.6 Å². The SMILES string of the molecule is CCCCn1c(=O)c(CCC(=O)O[C@H](C)C(=O)Nc2cccc(Cl)c2Cl)nc2ccccc21. The Balaban J connectivity index is 1.65. The first-order valence-electron chi connectivity index (χ1n) is 10.7. The summed E-state index contributed by atoms with van der Waals surface area (Å²) >= 11 is 12.0. The second kappa shape index (κ2) is 11.3. The van der Waals surface area contributed by atoms with E-state index in [-0.39, 0.29) is 23.4 Å². The highest BCUT2D eigenvalue weighted by Crippen LogP contribution is 2.29. The summed E-state index contributed by atoms with van der Waals surface area (Å²) in [6.07, 6.45) is 0.787. The molecule has 3 rings (SSSR count). The van der Waals surface area contributed by atoms with Gasteiger partial charge in [-0.1, -0.05) is 54.7 Å². The van der Waals surface area contributed by atoms with Gasteiger partial charge in [0, 0.05) is 13.0 Å². The molecule has 1 amide bonds. The lowest BCUT2D eigenvalue weighted by Gasteiger charge is -2.15. The molecule has 0 spiro atoms. The number of nitrogens with one attached hydrogen (secondary N) is 1. The van der Waals surface area contributed by atoms with Crippen LogP contribution in [0.5, 0.6) is 0 Å². The Hall–Kier alpha value is -2.90. The van der Waals surface area contributed by atoms with Crippen molar-refractivity contribution in [1.82, 2.24) is 9.55 Å². The number of ether oxygens (including phenoxy) is 1. The highest BCUT2D eigenvalue weighted by Gasteiger charge is 2.20. The number of nitrogens with zero attached hydrogens (tertiary/aromatic N) is 2. The number of benzene rings is 2. The van der Waals surface area contributed by atoms with Gasteiger partial charge >= 0.3 is 5.97 Å². The molecule has 1 heterocycles. The van der Waals surface area contributed by atoms with E-state index in [1.807, 2.05) is 24.3 Å². The van der Waals surface area contributed by atoms with Crippen molar-refractivity contribution in [3.8, 4) is 0 Å². The molecule has 3 aromatic rings. The highest BCUT2D eigenvalue weighted by molar-refractivity contribution is 6.44. The minimum absolute atomic E-state index is 0.0795. The second-order valence-electron chi connectivity index (χ2n) is 7.58. The normalized spacial score (nSPS) is 11.9. The molecule has 0 unspecified atom stereocenters. The fraction of sp³-hybridized carbons (Fsp3) is 0.333. The number of carbonyl (C=O) groups is 2. The van der Waals surface area contributed by atoms with E-state index in [0.717, 1.165) is 18.4 Å². The molecule has 0 aliphatic rings. The predicted molar refractivity (Wildman–Crippen MR) is 130 cm³/mol. The summed E-state index contributed by atoms with van der Waals surface area (Å²) in [4.78, 5) is 42.1. The van der Waals surface area contributed by atoms with Crippen molar-refractivity contribution in [2.75, 3.05) is 5.32 Å². The molecular weight excluding hydrogens is 465 g/mol. The molecule has 1 N–H and O–H groups in total. The number of carbonyl (C=O) groups excluding carboxylic acids is 2. The van der Waals surface area contributed by atoms with Crippen LogP contribution in [0.4, 0.5) is 5.69 Å². The summed E-state index contributed by atoms with van der Waals surface area (Å²) < 4.78 is 6.94. The topological polar surface area (TPSA) is 90.3 Å². The van der Waals surface area contributed by atoms with Crippen LogP contribution in [0.3, 0.4) is 0 Å². The van der Waals surface area contributed by atoms with E-state index in [2.05, 4.69) is 17.2 Å². The number of aromatic nitrogens is 2. The lowest BCUT2D eigenvalue weighted by atomic mass is 10.2. The van der Waals surface area contributed by atoms with Gasteiger partial charge in [0.25, 0.3) is 11.5 Å². The van der Waals surface area contributed by atoms with Gasteiger partial charge in [0.05, 0.1) is 33.2 Å². The number of amides is 1. The molecule has 1 aromatic heterocycles. The van der Waals surface area contributed by atoms with E-state index in [0.29, 0.717) is 28.5 Å². The van der Waals surface area contributed by atoms with E-state index in [9.17, 15) is 14.4 Å². The van der Waals surface area contributed by atoms with Crippen LogP contribution in [0.25, 0.3) is 11.0 Å². The molecule has 0 aliphatic heterocycles. The van der Waals surface area contributed by atoms with Gasteiger partial charge in [0.15, 0.2) is 6.10 Å². The smallest absolute Gasteiger partial charge is 0.306 e. The third kappa shape index (κ3) is 6.12. The molecule has 33 heavy (non-hydrogen) atoms. The van der Waals surface area contributed by atoms with E-state index < -0.39 is 18.0 Å². The van der Waals surface area contributed by atoms with Crippen molar-refractivity contribution in [2.24, 2.45) is 0 Å². The number of para-hydroxylation sites is 2. The zero-order chi connectivity index (χ0) is 24.0. The molecular formula is C24H25Cl2N3O4. The number of esters is 1. The van der Waals surface area contributed by atoms with Crippen molar-refractivity contribution in [3.63, 3.8) is 0 Å². The van der Waals surface area contributed by atoms with Gasteiger partial charge in [0.2, 0.25) is 0 Å². The fourth-order valence-electron chi connectivity index (χ4n) is 3.31. The van der Waals surface area contributed by atoms with E-state index in [4.69, 9.17) is 27.9 Å². The molecule has 1 atom stereocenters. The van der Waals surface area contributed by atoms with Gasteiger partial charge in [-0.2, -0.15) is 0 Å². The number of fused-ring (bicyclic) bond motifs is 1. The predicted octanol–water partition coefficient (Wildman–Crippen LogP) is 5.01. The zero-order valence-corrected chi connectivity index (χ0v) is 19.9. The summed E-state index contributed by atoms with van der Waals surface area (Å²) in [6, 6.07) is 12.3. The first-order chi connectivity index (χ1) is 15.8. The molecule has 7 nitrogen and oxygen atoms in total. The fourth-order valence-corrected chi connectivity index (χ4v) is 3.66. The number of rotatable bonds is 9. The van der Waals surface area contributed by atoms with Gasteiger partial charge in [-0.05, 0) is 37.6 Å². The van der Waals surface area contributed by atoms with Crippen LogP contribution in [0, 0.1) is 0 Å². The molecule has 0 fully saturated rings. The molecule has 174 valence electrons. The first kappa shape index (κ1) is 24.7. The second-order valence-corrected chi connectivity index (χ2v) is 8.37. The summed E-state index contributed by atoms with van der Waals surface area (Å²) in [5.41, 5.74) is 1.88. The quantitative estimate of drug-likeness (QED) is 0.426. The molecule has 0 bridgehead atoms. The molecule has 0 saturated heterocycles. The Kier molecular flexibility index (Phi) is 8.47. The summed E-state index contributed by atoms with van der Waals surface area (Å²) in [5, 5.41) is 3.09. The molecule has 0 aliphatic carbocycles. The van der Waals surface area contributed by atoms with Crippen LogP contribution >= 0.6 is 23.2 Å². The number of hydrogen-bond donors (Lipinski definition) is 1. The summed E-state index contributed by atoms with van der Waals surface area (Å²) in [7, 11) is 0. The minimum atomic E-state index is -1.06. The zero-order valence-electron chi connectivity index (χ0n) is 18.4. The Labute approximate surface area is 201 Å². The van der Waals surface area contributed by atoms with Crippen LogP contribution in [0.2, 0.25) is 10.0 Å². The van der Waals surface area contributed by atoms with Crippen molar-refractivity contribution in [1.29, 1.82) is 0 Å². The number of aryl methyl sites for hydroxylation is 2. The molecule has 0 radical (unpaired) electrons. The van der Waals surface area contributed by atoms with Gasteiger partial charge in [0.1, 0.15) is 5.69 Å². The van der Waals surface area contributed by atoms with Gasteiger partial charge in [-0.25, -0.2) is 4.98 Å². The van der Waals surface area contributed by atoms with Crippen molar-refractivity contribution in [3.05, 3.63) is 68.6 Å². The van der Waals surface area contributed by atoms with Crippen LogP contribution in [-0.4, -0.2) is 27.5 Å². The van der Waals surface area contributed by atoms with Gasteiger partial charge in [-0.15, -0.1) is 0 Å². The third-order valence-corrected chi connectivity index (χ3v) is 5.93. The van der Waals surface area contributed by atoms with Crippen LogP contribution in [-0.2, 0) is 27.3 Å². The van der Waals surface area contributed by atoms with E-state index in [1.165, 1.54) is 6.92 Å². The maximum absolute atomic E-state index is 13.0. The van der Waals surface area contributed by atoms with E-state index >= 15 is 0 Å². The maximum atomic E-state index is 13.0. The third-order valence-electron chi connectivity index (χ3n) is 5.11. The first-order valence-corrected chi connectivity index (χ1v) is 11.5. The molecule has 9 heteroatoms. The average molecular weight is 490 g/mol. The standard InChI is InChI=1S/C24H25Cl2N3O4/c1-3-4-14-29-20-11-6-5-9-17(20)27-19(24(29)32)12-13-21(30)33-15(2)23(31)28-18-10-7-8-16(25)22(18)26/h5-11,15H,3-4,12-14H2,1-2H3,(H,28,31)/t15-/m1/s1. The monoisotopic (exact) mass is 489 g/mol. The number of anilines is 1. The van der Waals surface area contributed by atoms with Crippen molar-refractivity contribution >= 4 is 51.8 Å². The Morgan fingerprint density at radius 1 is 1.15 bits per heavy atom. The molecule has 2 aromatic carbocycles. The summed E-state index contributed by atoms with van der Waals surface area (Å²) in [6.45, 7) is 4.10. The van der Waals surface area contributed by atoms with Gasteiger partial charge in [-0.3, -0.25) is 14.4 Å². The maximum Gasteiger partial charge on any atom is 0.306 e. The summed E-state index contributed by atoms with van der Waals surface area (Å²) in [5.74, 6) is -1.15. The Bertz CT molecular complexity index is 1230. The van der Waals surface area contributed by atoms with Crippen molar-refractivity contribution in [2.45, 2.75) is 52.2 Å². The number of halogens is 2. The lowest BCUT2D eigenvalue weighted by Crippen LogP contribution is -2.31. The number of hydrogen-bond acceptors (Lipinski definition) is 5. The average Bonchev–Trinajstić information content (AvgIpc) is 2.80. The van der Waals surface area contributed by atoms with Crippen LogP contribution < -0.4 is 10.9 Å². The van der Waals surface area contributed by atoms with Crippen molar-refractivity contribution < 1.29 is 14.3 Å². The highest BCUT2D eigenvalue weighted by atomic mass is 35.5. The minimum Gasteiger partial charge on any atom is -0.453 e. The Morgan fingerprint density at radius 3 is 2.67 bits per heavy atom. The van der Waals surface area contributed by atoms with E-state index in [1.54, 1.807) is 22.8 Å². The van der Waals surface area contributed by atoms with Crippen LogP contribution in [0.15, 0.2) is 47.3 Å². The lowest BCUT2D eigenvalue weighted by molar-refractivity contribution is -0.153. The largest absolute Gasteiger partial charge is 0.453 e. The Morgan fingerprint density at radius 2 is 1.91 bits per heavy atom. The number of unbranched alkanes of at least 4 members (excludes halogenated alkanes) is 1. The molecule has 0 saturated carbocycles.